The summed E-state index contributed by atoms with van der Waals surface area (Å²) in [5.41, 5.74) is 2.30. The first-order valence-corrected chi connectivity index (χ1v) is 6.96. The van der Waals surface area contributed by atoms with Crippen molar-refractivity contribution >= 4 is 0 Å². The lowest BCUT2D eigenvalue weighted by molar-refractivity contribution is 0.0217. The van der Waals surface area contributed by atoms with Gasteiger partial charge in [0.05, 0.1) is 11.5 Å². The molecule has 1 aromatic carbocycles. The molecule has 2 heterocycles. The Labute approximate surface area is 114 Å². The van der Waals surface area contributed by atoms with Crippen LogP contribution >= 0.6 is 0 Å². The Morgan fingerprint density at radius 3 is 2.89 bits per heavy atom. The highest BCUT2D eigenvalue weighted by molar-refractivity contribution is 5.40. The zero-order valence-corrected chi connectivity index (χ0v) is 11.3. The second kappa shape index (κ2) is 4.86. The molecule has 1 fully saturated rings. The van der Waals surface area contributed by atoms with E-state index in [-0.39, 0.29) is 11.5 Å². The van der Waals surface area contributed by atoms with Crippen molar-refractivity contribution < 1.29 is 9.47 Å². The quantitative estimate of drug-likeness (QED) is 0.818. The van der Waals surface area contributed by atoms with Crippen LogP contribution in [0.5, 0.6) is 5.75 Å². The molecule has 3 nitrogen and oxygen atoms in total. The van der Waals surface area contributed by atoms with E-state index in [9.17, 15) is 5.26 Å². The summed E-state index contributed by atoms with van der Waals surface area (Å²) in [5.74, 6) is 0.996. The molecule has 0 aliphatic carbocycles. The van der Waals surface area contributed by atoms with Crippen LogP contribution < -0.4 is 4.74 Å². The number of aryl methyl sites for hydroxylation is 1. The molecule has 0 N–H and O–H groups in total. The predicted molar refractivity (Wildman–Crippen MR) is 72.0 cm³/mol. The second-order valence-electron chi connectivity index (χ2n) is 5.76. The topological polar surface area (TPSA) is 42.2 Å². The lowest BCUT2D eigenvalue weighted by atomic mass is 9.76. The lowest BCUT2D eigenvalue weighted by Gasteiger charge is -2.32. The summed E-state index contributed by atoms with van der Waals surface area (Å²) in [5, 5.41) is 9.50. The summed E-state index contributed by atoms with van der Waals surface area (Å²) in [6.45, 7) is 3.50. The fraction of sp³-hybridized carbons (Fsp3) is 0.562. The highest BCUT2D eigenvalue weighted by Crippen LogP contribution is 2.39. The first-order valence-electron chi connectivity index (χ1n) is 6.96. The third-order valence-electron chi connectivity index (χ3n) is 4.26. The van der Waals surface area contributed by atoms with E-state index in [1.54, 1.807) is 0 Å². The molecule has 1 saturated heterocycles. The van der Waals surface area contributed by atoms with Gasteiger partial charge in [0.1, 0.15) is 11.9 Å². The van der Waals surface area contributed by atoms with E-state index < -0.39 is 0 Å². The minimum absolute atomic E-state index is 0.148. The van der Waals surface area contributed by atoms with E-state index in [1.165, 1.54) is 11.1 Å². The molecule has 1 atom stereocenters. The molecular weight excluding hydrogens is 238 g/mol. The van der Waals surface area contributed by atoms with E-state index >= 15 is 0 Å². The molecule has 100 valence electrons. The van der Waals surface area contributed by atoms with E-state index in [4.69, 9.17) is 9.47 Å². The van der Waals surface area contributed by atoms with Crippen molar-refractivity contribution in [3.8, 4) is 11.8 Å². The van der Waals surface area contributed by atoms with Crippen LogP contribution in [0, 0.1) is 23.7 Å². The van der Waals surface area contributed by atoms with Crippen molar-refractivity contribution in [1.29, 1.82) is 5.26 Å². The van der Waals surface area contributed by atoms with Gasteiger partial charge in [-0.05, 0) is 31.4 Å². The first kappa shape index (κ1) is 12.5. The van der Waals surface area contributed by atoms with Crippen molar-refractivity contribution in [1.82, 2.24) is 0 Å². The van der Waals surface area contributed by atoms with Crippen LogP contribution in [0.3, 0.4) is 0 Å². The number of rotatable bonds is 2. The van der Waals surface area contributed by atoms with Crippen LogP contribution in [0.1, 0.15) is 30.4 Å². The van der Waals surface area contributed by atoms with Gasteiger partial charge in [0.2, 0.25) is 0 Å². The van der Waals surface area contributed by atoms with Crippen molar-refractivity contribution in [2.45, 2.75) is 38.7 Å². The van der Waals surface area contributed by atoms with Gasteiger partial charge in [0.25, 0.3) is 0 Å². The molecule has 2 aliphatic heterocycles. The van der Waals surface area contributed by atoms with Gasteiger partial charge in [-0.1, -0.05) is 17.7 Å². The van der Waals surface area contributed by atoms with E-state index in [0.29, 0.717) is 13.2 Å². The predicted octanol–water partition coefficient (Wildman–Crippen LogP) is 3.01. The van der Waals surface area contributed by atoms with Crippen molar-refractivity contribution in [2.75, 3.05) is 13.2 Å². The average molecular weight is 257 g/mol. The number of nitriles is 1. The Hall–Kier alpha value is -1.53. The van der Waals surface area contributed by atoms with Crippen molar-refractivity contribution in [3.05, 3.63) is 29.3 Å². The standard InChI is InChI=1S/C16H19NO2/c1-12-2-3-15-13(8-12)9-14(19-15)10-16(11-17)4-6-18-7-5-16/h2-3,8,14H,4-7,9-10H2,1H3. The average Bonchev–Trinajstić information content (AvgIpc) is 2.81. The molecule has 2 aliphatic rings. The summed E-state index contributed by atoms with van der Waals surface area (Å²) >= 11 is 0. The van der Waals surface area contributed by atoms with Crippen LogP contribution in [-0.4, -0.2) is 19.3 Å². The van der Waals surface area contributed by atoms with Crippen molar-refractivity contribution in [3.63, 3.8) is 0 Å². The van der Waals surface area contributed by atoms with Crippen LogP contribution in [0.25, 0.3) is 0 Å². The molecule has 1 aromatic rings. The zero-order valence-electron chi connectivity index (χ0n) is 11.3. The Balaban J connectivity index is 1.71. The second-order valence-corrected chi connectivity index (χ2v) is 5.76. The van der Waals surface area contributed by atoms with Gasteiger partial charge in [-0.25, -0.2) is 0 Å². The monoisotopic (exact) mass is 257 g/mol. The van der Waals surface area contributed by atoms with Crippen LogP contribution in [-0.2, 0) is 11.2 Å². The molecular formula is C16H19NO2. The summed E-state index contributed by atoms with van der Waals surface area (Å²) in [6, 6.07) is 8.84. The number of fused-ring (bicyclic) bond motifs is 1. The largest absolute Gasteiger partial charge is 0.490 e. The van der Waals surface area contributed by atoms with Gasteiger partial charge in [-0.15, -0.1) is 0 Å². The summed E-state index contributed by atoms with van der Waals surface area (Å²) in [7, 11) is 0. The molecule has 0 bridgehead atoms. The van der Waals surface area contributed by atoms with Gasteiger partial charge in [0.15, 0.2) is 0 Å². The third-order valence-corrected chi connectivity index (χ3v) is 4.26. The first-order chi connectivity index (χ1) is 9.21. The van der Waals surface area contributed by atoms with E-state index in [1.807, 2.05) is 6.07 Å². The Morgan fingerprint density at radius 1 is 1.37 bits per heavy atom. The SMILES string of the molecule is Cc1ccc2c(c1)CC(CC1(C#N)CCOCC1)O2. The molecule has 0 aromatic heterocycles. The number of ether oxygens (including phenoxy) is 2. The Bertz CT molecular complexity index is 512. The lowest BCUT2D eigenvalue weighted by Crippen LogP contribution is -2.33. The van der Waals surface area contributed by atoms with Crippen LogP contribution in [0.15, 0.2) is 18.2 Å². The summed E-state index contributed by atoms with van der Waals surface area (Å²) < 4.78 is 11.4. The minimum atomic E-state index is -0.250. The molecule has 0 radical (unpaired) electrons. The number of hydrogen-bond donors (Lipinski definition) is 0. The van der Waals surface area contributed by atoms with E-state index in [2.05, 4.69) is 25.1 Å². The summed E-state index contributed by atoms with van der Waals surface area (Å²) in [4.78, 5) is 0. The van der Waals surface area contributed by atoms with Gasteiger partial charge in [-0.2, -0.15) is 5.26 Å². The highest BCUT2D eigenvalue weighted by atomic mass is 16.5. The maximum absolute atomic E-state index is 9.50. The number of nitrogens with zero attached hydrogens (tertiary/aromatic N) is 1. The molecule has 3 heteroatoms. The molecule has 0 saturated carbocycles. The fourth-order valence-electron chi connectivity index (χ4n) is 3.12. The van der Waals surface area contributed by atoms with E-state index in [0.717, 1.165) is 31.4 Å². The number of hydrogen-bond acceptors (Lipinski definition) is 3. The smallest absolute Gasteiger partial charge is 0.123 e. The molecule has 1 unspecified atom stereocenters. The fourth-order valence-corrected chi connectivity index (χ4v) is 3.12. The van der Waals surface area contributed by atoms with Crippen molar-refractivity contribution in [2.24, 2.45) is 5.41 Å². The maximum atomic E-state index is 9.50. The maximum Gasteiger partial charge on any atom is 0.123 e. The van der Waals surface area contributed by atoms with Gasteiger partial charge < -0.3 is 9.47 Å². The van der Waals surface area contributed by atoms with Crippen LogP contribution in [0.4, 0.5) is 0 Å². The Kier molecular flexibility index (Phi) is 3.20. The molecule has 19 heavy (non-hydrogen) atoms. The summed E-state index contributed by atoms with van der Waals surface area (Å²) in [6.07, 6.45) is 3.56. The van der Waals surface area contributed by atoms with Gasteiger partial charge in [0, 0.05) is 26.1 Å². The van der Waals surface area contributed by atoms with Gasteiger partial charge in [-0.3, -0.25) is 0 Å². The minimum Gasteiger partial charge on any atom is -0.490 e. The highest BCUT2D eigenvalue weighted by Gasteiger charge is 2.38. The number of benzene rings is 1. The van der Waals surface area contributed by atoms with Crippen LogP contribution in [0.2, 0.25) is 0 Å². The van der Waals surface area contributed by atoms with Gasteiger partial charge >= 0.3 is 0 Å². The third kappa shape index (κ3) is 2.46. The molecule has 3 rings (SSSR count). The normalized spacial score (nSPS) is 24.3. The molecule has 0 amide bonds. The zero-order chi connectivity index (χ0) is 13.3. The Morgan fingerprint density at radius 2 is 2.16 bits per heavy atom. The molecule has 0 spiro atoms.